The predicted octanol–water partition coefficient (Wildman–Crippen LogP) is 1.15. The van der Waals surface area contributed by atoms with Crippen LogP contribution in [0.2, 0.25) is 0 Å². The van der Waals surface area contributed by atoms with E-state index in [9.17, 15) is 0 Å². The zero-order valence-corrected chi connectivity index (χ0v) is 17.1. The third-order valence-electron chi connectivity index (χ3n) is 0. The van der Waals surface area contributed by atoms with Crippen molar-refractivity contribution in [3.63, 3.8) is 0 Å². The molecule has 0 spiro atoms. The molecule has 0 N–H and O–H groups in total. The fraction of sp³-hybridized carbons (Fsp3) is 0. The van der Waals surface area contributed by atoms with Crippen LogP contribution < -0.4 is 0 Å². The number of rotatable bonds is 0. The van der Waals surface area contributed by atoms with Gasteiger partial charge in [-0.25, -0.2) is 0 Å². The van der Waals surface area contributed by atoms with Crippen LogP contribution in [0.15, 0.2) is 0 Å². The molecular formula is C12MoN12W. The summed E-state index contributed by atoms with van der Waals surface area (Å²) in [5, 5.41) is 75.0. The summed E-state index contributed by atoms with van der Waals surface area (Å²) < 4.78 is 0. The fourth-order valence-electron chi connectivity index (χ4n) is 0. The van der Waals surface area contributed by atoms with Crippen LogP contribution in [0, 0.1) is 142 Å². The Morgan fingerprint density at radius 2 is 0.192 bits per heavy atom. The average molecular weight is 592 g/mol. The van der Waals surface area contributed by atoms with Gasteiger partial charge in [-0.2, -0.15) is 0 Å². The summed E-state index contributed by atoms with van der Waals surface area (Å²) in [6, 6.07) is 0. The van der Waals surface area contributed by atoms with Crippen molar-refractivity contribution >= 4 is 0 Å². The van der Waals surface area contributed by atoms with E-state index in [0.29, 0.717) is 0 Å². The van der Waals surface area contributed by atoms with E-state index < -0.39 is 0 Å². The van der Waals surface area contributed by atoms with E-state index in [-0.39, 0.29) is 42.1 Å². The number of nitrogens with zero attached hydrogens (tertiary/aromatic N) is 12. The van der Waals surface area contributed by atoms with Crippen molar-refractivity contribution < 1.29 is 42.1 Å². The van der Waals surface area contributed by atoms with Crippen LogP contribution in [-0.4, -0.2) is 0 Å². The molecule has 14 heteroatoms. The van der Waals surface area contributed by atoms with Crippen LogP contribution in [0.3, 0.4) is 0 Å². The Kier molecular flexibility index (Phi) is 2130. The first-order valence-electron chi connectivity index (χ1n) is 2.68. The summed E-state index contributed by atoms with van der Waals surface area (Å²) in [7, 11) is 0. The molecule has 0 rings (SSSR count). The molecule has 0 aliphatic carbocycles. The van der Waals surface area contributed by atoms with Crippen molar-refractivity contribution in [2.24, 2.45) is 0 Å². The minimum atomic E-state index is 0. The van der Waals surface area contributed by atoms with Crippen molar-refractivity contribution in [3.05, 3.63) is 78.9 Å². The standard InChI is InChI=1S/12CN.Mo.W/c12*1-2;;/q12*-1;2*+6. The van der Waals surface area contributed by atoms with Gasteiger partial charge in [-0.05, 0) is 0 Å². The van der Waals surface area contributed by atoms with Gasteiger partial charge in [0.25, 0.3) is 0 Å². The van der Waals surface area contributed by atoms with Gasteiger partial charge in [-0.3, -0.25) is 0 Å². The van der Waals surface area contributed by atoms with Crippen molar-refractivity contribution in [1.29, 1.82) is 63.1 Å². The second-order valence-electron chi connectivity index (χ2n) is 0. The number of hydrogen-bond donors (Lipinski definition) is 0. The van der Waals surface area contributed by atoms with Gasteiger partial charge >= 0.3 is 42.1 Å². The Morgan fingerprint density at radius 1 is 0.192 bits per heavy atom. The van der Waals surface area contributed by atoms with Crippen LogP contribution in [0.25, 0.3) is 0 Å². The van der Waals surface area contributed by atoms with Crippen LogP contribution in [0.5, 0.6) is 0 Å². The second-order valence-corrected chi connectivity index (χ2v) is 0. The molecule has 0 amide bonds. The summed E-state index contributed by atoms with van der Waals surface area (Å²) in [4.78, 5) is 0. The Morgan fingerprint density at radius 3 is 0.192 bits per heavy atom. The molecule has 0 aromatic heterocycles. The first kappa shape index (κ1) is 166. The zero-order valence-electron chi connectivity index (χ0n) is 12.2. The van der Waals surface area contributed by atoms with Gasteiger partial charge in [0.2, 0.25) is 0 Å². The predicted molar refractivity (Wildman–Crippen MR) is 59.6 cm³/mol. The topological polar surface area (TPSA) is 285 Å². The molecule has 0 aromatic rings. The van der Waals surface area contributed by atoms with E-state index in [1.807, 2.05) is 0 Å². The molecule has 0 saturated carbocycles. The molecule has 0 aromatic carbocycles. The van der Waals surface area contributed by atoms with Crippen molar-refractivity contribution in [2.45, 2.75) is 0 Å². The van der Waals surface area contributed by atoms with Gasteiger partial charge in [-0.1, -0.05) is 0 Å². The van der Waals surface area contributed by atoms with Gasteiger partial charge in [-0.15, -0.1) is 0 Å². The van der Waals surface area contributed by atoms with Gasteiger partial charge in [0.05, 0.1) is 0 Å². The SMILES string of the molecule is [C-]#N.[C-]#N.[C-]#N.[C-]#N.[C-]#N.[C-]#N.[C-]#N.[C-]#N.[C-]#N.[C-]#N.[C-]#N.[C-]#N.[Mo+6].[W+6]. The molecule has 0 unspecified atom stereocenters. The summed E-state index contributed by atoms with van der Waals surface area (Å²) in [5.74, 6) is 0. The molecule has 120 valence electrons. The average Bonchev–Trinajstić information content (AvgIpc) is 2.84. The first-order valence-corrected chi connectivity index (χ1v) is 2.68. The molecule has 0 atom stereocenters. The third kappa shape index (κ3) is 285. The van der Waals surface area contributed by atoms with Gasteiger partial charge < -0.3 is 142 Å². The first-order chi connectivity index (χ1) is 12.0. The molecule has 0 heterocycles. The van der Waals surface area contributed by atoms with E-state index in [0.717, 1.165) is 0 Å². The summed E-state index contributed by atoms with van der Waals surface area (Å²) in [5.41, 5.74) is 0. The molecule has 0 aliphatic heterocycles. The molecule has 0 radical (unpaired) electrons. The molecule has 0 bridgehead atoms. The maximum atomic E-state index is 6.25. The van der Waals surface area contributed by atoms with E-state index in [4.69, 9.17) is 142 Å². The van der Waals surface area contributed by atoms with Crippen molar-refractivity contribution in [3.8, 4) is 0 Å². The molecule has 26 heavy (non-hydrogen) atoms. The zero-order chi connectivity index (χ0) is 24.0. The largest absolute Gasteiger partial charge is 6.00 e. The van der Waals surface area contributed by atoms with E-state index >= 15 is 0 Å². The monoisotopic (exact) mass is 594 g/mol. The summed E-state index contributed by atoms with van der Waals surface area (Å²) >= 11 is 0. The Hall–Kier alpha value is -4.74. The molecule has 0 saturated heterocycles. The normalized spacial score (nSPS) is 0.923. The maximum absolute atomic E-state index is 6.25. The summed E-state index contributed by atoms with van der Waals surface area (Å²) in [6.07, 6.45) is 0. The minimum Gasteiger partial charge on any atom is -0.512 e. The Balaban J connectivity index is -0.00000000500. The minimum absolute atomic E-state index is 0. The van der Waals surface area contributed by atoms with E-state index in [2.05, 4.69) is 0 Å². The van der Waals surface area contributed by atoms with Gasteiger partial charge in [0.15, 0.2) is 0 Å². The molecule has 0 aliphatic rings. The quantitative estimate of drug-likeness (QED) is 0.283. The van der Waals surface area contributed by atoms with Gasteiger partial charge in [0, 0.05) is 0 Å². The van der Waals surface area contributed by atoms with Crippen LogP contribution in [0.4, 0.5) is 0 Å². The molecule has 0 fully saturated rings. The van der Waals surface area contributed by atoms with Gasteiger partial charge in [0.1, 0.15) is 0 Å². The van der Waals surface area contributed by atoms with Crippen LogP contribution in [-0.2, 0) is 42.1 Å². The van der Waals surface area contributed by atoms with E-state index in [1.165, 1.54) is 0 Å². The van der Waals surface area contributed by atoms with Crippen molar-refractivity contribution in [1.82, 2.24) is 0 Å². The third-order valence-corrected chi connectivity index (χ3v) is 0. The summed E-state index contributed by atoms with van der Waals surface area (Å²) in [6.45, 7) is 57.0. The fourth-order valence-corrected chi connectivity index (χ4v) is 0. The molecular weight excluding hydrogens is 592 g/mol. The van der Waals surface area contributed by atoms with Crippen molar-refractivity contribution in [2.75, 3.05) is 0 Å². The van der Waals surface area contributed by atoms with E-state index in [1.54, 1.807) is 0 Å². The maximum Gasteiger partial charge on any atom is 6.00 e. The second kappa shape index (κ2) is 334. The smallest absolute Gasteiger partial charge is 0.512 e. The Bertz CT molecular complexity index is 222. The number of hydrogen-bond acceptors (Lipinski definition) is 12. The van der Waals surface area contributed by atoms with Crippen LogP contribution in [0.1, 0.15) is 0 Å². The molecule has 12 nitrogen and oxygen atoms in total. The Labute approximate surface area is 183 Å². The van der Waals surface area contributed by atoms with Crippen LogP contribution >= 0.6 is 0 Å².